The molecule has 0 aliphatic rings. The van der Waals surface area contributed by atoms with E-state index in [2.05, 4.69) is 5.10 Å². The van der Waals surface area contributed by atoms with Gasteiger partial charge in [-0.15, -0.1) is 0 Å². The molecule has 1 aromatic carbocycles. The minimum absolute atomic E-state index is 0.0267. The highest BCUT2D eigenvalue weighted by atomic mass is 19.1. The Bertz CT molecular complexity index is 580. The number of aryl methyl sites for hydroxylation is 1. The number of rotatable bonds is 4. The lowest BCUT2D eigenvalue weighted by molar-refractivity contribution is 0.0682. The van der Waals surface area contributed by atoms with Gasteiger partial charge in [0, 0.05) is 18.7 Å². The van der Waals surface area contributed by atoms with Gasteiger partial charge < -0.3 is 9.84 Å². The summed E-state index contributed by atoms with van der Waals surface area (Å²) in [6.07, 6.45) is 1.42. The number of halogens is 1. The predicted molar refractivity (Wildman–Crippen MR) is 60.9 cm³/mol. The van der Waals surface area contributed by atoms with Crippen molar-refractivity contribution in [1.29, 1.82) is 0 Å². The maximum atomic E-state index is 12.9. The van der Waals surface area contributed by atoms with Gasteiger partial charge in [-0.2, -0.15) is 5.10 Å². The highest BCUT2D eigenvalue weighted by Gasteiger charge is 2.15. The predicted octanol–water partition coefficient (Wildman–Crippen LogP) is 1.84. The third-order valence-electron chi connectivity index (χ3n) is 2.41. The molecule has 0 fully saturated rings. The molecular weight excluding hydrogens is 239 g/mol. The second-order valence-electron chi connectivity index (χ2n) is 3.69. The SMILES string of the molecule is Cn1ncc(COc2cccc(F)c2)c1C(=O)O. The van der Waals surface area contributed by atoms with Crippen molar-refractivity contribution in [2.75, 3.05) is 0 Å². The van der Waals surface area contributed by atoms with Gasteiger partial charge in [0.25, 0.3) is 0 Å². The van der Waals surface area contributed by atoms with E-state index in [4.69, 9.17) is 9.84 Å². The maximum absolute atomic E-state index is 12.9. The Hall–Kier alpha value is -2.37. The smallest absolute Gasteiger partial charge is 0.354 e. The first-order valence-corrected chi connectivity index (χ1v) is 5.20. The van der Waals surface area contributed by atoms with Gasteiger partial charge in [0.2, 0.25) is 0 Å². The van der Waals surface area contributed by atoms with Gasteiger partial charge in [0.1, 0.15) is 18.2 Å². The molecule has 1 aromatic heterocycles. The van der Waals surface area contributed by atoms with Crippen LogP contribution in [0, 0.1) is 5.82 Å². The minimum atomic E-state index is -1.08. The van der Waals surface area contributed by atoms with Crippen molar-refractivity contribution in [3.63, 3.8) is 0 Å². The fraction of sp³-hybridized carbons (Fsp3) is 0.167. The lowest BCUT2D eigenvalue weighted by Gasteiger charge is -2.05. The van der Waals surface area contributed by atoms with Crippen molar-refractivity contribution in [3.05, 3.63) is 47.5 Å². The number of hydrogen-bond acceptors (Lipinski definition) is 3. The summed E-state index contributed by atoms with van der Waals surface area (Å²) in [6, 6.07) is 5.66. The average Bonchev–Trinajstić information content (AvgIpc) is 2.68. The number of aromatic carboxylic acids is 1. The molecule has 0 aliphatic heterocycles. The molecule has 2 aromatic rings. The Morgan fingerprint density at radius 3 is 3.00 bits per heavy atom. The van der Waals surface area contributed by atoms with Crippen molar-refractivity contribution < 1.29 is 19.0 Å². The van der Waals surface area contributed by atoms with Gasteiger partial charge in [0.15, 0.2) is 5.69 Å². The summed E-state index contributed by atoms with van der Waals surface area (Å²) in [4.78, 5) is 11.0. The quantitative estimate of drug-likeness (QED) is 0.899. The Balaban J connectivity index is 2.13. The number of carbonyl (C=O) groups is 1. The molecule has 5 nitrogen and oxygen atoms in total. The lowest BCUT2D eigenvalue weighted by Crippen LogP contribution is -2.09. The minimum Gasteiger partial charge on any atom is -0.489 e. The zero-order valence-corrected chi connectivity index (χ0v) is 9.63. The molecule has 0 amide bonds. The molecule has 1 N–H and O–H groups in total. The average molecular weight is 250 g/mol. The number of hydrogen-bond donors (Lipinski definition) is 1. The first-order chi connectivity index (χ1) is 8.58. The molecule has 0 spiro atoms. The highest BCUT2D eigenvalue weighted by Crippen LogP contribution is 2.15. The van der Waals surface area contributed by atoms with Crippen LogP contribution in [0.3, 0.4) is 0 Å². The maximum Gasteiger partial charge on any atom is 0.354 e. The van der Waals surface area contributed by atoms with Gasteiger partial charge in [-0.05, 0) is 12.1 Å². The summed E-state index contributed by atoms with van der Waals surface area (Å²) < 4.78 is 19.5. The van der Waals surface area contributed by atoms with Gasteiger partial charge in [-0.3, -0.25) is 4.68 Å². The Labute approximate surface area is 102 Å². The lowest BCUT2D eigenvalue weighted by atomic mass is 10.2. The first kappa shape index (κ1) is 12.1. The Morgan fingerprint density at radius 1 is 1.56 bits per heavy atom. The monoisotopic (exact) mass is 250 g/mol. The van der Waals surface area contributed by atoms with Crippen LogP contribution in [0.1, 0.15) is 16.1 Å². The molecule has 0 radical (unpaired) electrons. The molecule has 0 aliphatic carbocycles. The Kier molecular flexibility index (Phi) is 3.27. The Morgan fingerprint density at radius 2 is 2.33 bits per heavy atom. The van der Waals surface area contributed by atoms with Crippen LogP contribution in [0.5, 0.6) is 5.75 Å². The number of aromatic nitrogens is 2. The summed E-state index contributed by atoms with van der Waals surface area (Å²) in [5, 5.41) is 12.8. The van der Waals surface area contributed by atoms with Gasteiger partial charge in [-0.1, -0.05) is 6.07 Å². The van der Waals surface area contributed by atoms with E-state index in [1.807, 2.05) is 0 Å². The van der Waals surface area contributed by atoms with Crippen LogP contribution in [-0.4, -0.2) is 20.9 Å². The van der Waals surface area contributed by atoms with E-state index in [0.29, 0.717) is 11.3 Å². The molecule has 0 unspecified atom stereocenters. The van der Waals surface area contributed by atoms with E-state index in [9.17, 15) is 9.18 Å². The van der Waals surface area contributed by atoms with E-state index in [1.54, 1.807) is 6.07 Å². The van der Waals surface area contributed by atoms with Gasteiger partial charge in [0.05, 0.1) is 6.20 Å². The summed E-state index contributed by atoms with van der Waals surface area (Å²) in [5.74, 6) is -1.14. The van der Waals surface area contributed by atoms with Crippen molar-refractivity contribution in [1.82, 2.24) is 9.78 Å². The normalized spacial score (nSPS) is 10.3. The fourth-order valence-electron chi connectivity index (χ4n) is 1.58. The zero-order chi connectivity index (χ0) is 13.1. The van der Waals surface area contributed by atoms with Crippen LogP contribution in [0.2, 0.25) is 0 Å². The summed E-state index contributed by atoms with van der Waals surface area (Å²) in [5.41, 5.74) is 0.501. The number of nitrogens with zero attached hydrogens (tertiary/aromatic N) is 2. The number of carboxylic acid groups (broad SMARTS) is 1. The van der Waals surface area contributed by atoms with Crippen molar-refractivity contribution in [3.8, 4) is 5.75 Å². The molecule has 0 saturated heterocycles. The fourth-order valence-corrected chi connectivity index (χ4v) is 1.58. The van der Waals surface area contributed by atoms with E-state index in [0.717, 1.165) is 0 Å². The van der Waals surface area contributed by atoms with Crippen LogP contribution < -0.4 is 4.74 Å². The standard InChI is InChI=1S/C12H11FN2O3/c1-15-11(12(16)17)8(6-14-15)7-18-10-4-2-3-9(13)5-10/h2-6H,7H2,1H3,(H,16,17). The molecule has 1 heterocycles. The zero-order valence-electron chi connectivity index (χ0n) is 9.63. The van der Waals surface area contributed by atoms with Crippen LogP contribution in [0.25, 0.3) is 0 Å². The number of carboxylic acids is 1. The van der Waals surface area contributed by atoms with Crippen LogP contribution >= 0.6 is 0 Å². The third kappa shape index (κ3) is 2.48. The molecule has 18 heavy (non-hydrogen) atoms. The molecule has 0 saturated carbocycles. The summed E-state index contributed by atoms with van der Waals surface area (Å²) in [6.45, 7) is 0.0267. The van der Waals surface area contributed by atoms with E-state index >= 15 is 0 Å². The van der Waals surface area contributed by atoms with Crippen molar-refractivity contribution >= 4 is 5.97 Å². The molecule has 6 heteroatoms. The molecule has 0 bridgehead atoms. The van der Waals surface area contributed by atoms with Crippen LogP contribution in [0.4, 0.5) is 4.39 Å². The van der Waals surface area contributed by atoms with Crippen LogP contribution in [0.15, 0.2) is 30.5 Å². The largest absolute Gasteiger partial charge is 0.489 e. The number of ether oxygens (including phenoxy) is 1. The van der Waals surface area contributed by atoms with E-state index in [1.165, 1.54) is 36.1 Å². The molecule has 2 rings (SSSR count). The molecule has 94 valence electrons. The van der Waals surface area contributed by atoms with Crippen LogP contribution in [-0.2, 0) is 13.7 Å². The van der Waals surface area contributed by atoms with Gasteiger partial charge in [-0.25, -0.2) is 9.18 Å². The second kappa shape index (κ2) is 4.87. The topological polar surface area (TPSA) is 64.4 Å². The van der Waals surface area contributed by atoms with E-state index in [-0.39, 0.29) is 12.3 Å². The summed E-state index contributed by atoms with van der Waals surface area (Å²) in [7, 11) is 1.54. The van der Waals surface area contributed by atoms with E-state index < -0.39 is 11.8 Å². The van der Waals surface area contributed by atoms with Crippen molar-refractivity contribution in [2.24, 2.45) is 7.05 Å². The molecule has 0 atom stereocenters. The van der Waals surface area contributed by atoms with Gasteiger partial charge >= 0.3 is 5.97 Å². The first-order valence-electron chi connectivity index (χ1n) is 5.20. The highest BCUT2D eigenvalue weighted by molar-refractivity contribution is 5.87. The second-order valence-corrected chi connectivity index (χ2v) is 3.69. The molecular formula is C12H11FN2O3. The van der Waals surface area contributed by atoms with Crippen molar-refractivity contribution in [2.45, 2.75) is 6.61 Å². The third-order valence-corrected chi connectivity index (χ3v) is 2.41. The number of benzene rings is 1. The summed E-state index contributed by atoms with van der Waals surface area (Å²) >= 11 is 0.